The Morgan fingerprint density at radius 3 is 1.14 bits per heavy atom. The largest absolute Gasteiger partial charge is 0.463 e. The summed E-state index contributed by atoms with van der Waals surface area (Å²) in [4.78, 5) is 25.1. The maximum atomic E-state index is 12.5. The molecule has 0 aliphatic heterocycles. The van der Waals surface area contributed by atoms with E-state index >= 15 is 0 Å². The van der Waals surface area contributed by atoms with Crippen LogP contribution in [-0.2, 0) is 19.1 Å². The van der Waals surface area contributed by atoms with Gasteiger partial charge in [0.25, 0.3) is 0 Å². The maximum Gasteiger partial charge on any atom is 0.334 e. The molecule has 0 radical (unpaired) electrons. The molecule has 0 saturated carbocycles. The zero-order chi connectivity index (χ0) is 21.0. The molecular formula is C24H44O4. The molecule has 0 aromatic carbocycles. The van der Waals surface area contributed by atoms with E-state index in [4.69, 9.17) is 9.47 Å². The monoisotopic (exact) mass is 396 g/mol. The molecule has 0 rings (SSSR count). The molecule has 4 heteroatoms. The summed E-state index contributed by atoms with van der Waals surface area (Å²) in [6.07, 6.45) is 15.0. The molecule has 0 spiro atoms. The predicted molar refractivity (Wildman–Crippen MR) is 116 cm³/mol. The lowest BCUT2D eigenvalue weighted by Crippen LogP contribution is -2.17. The molecule has 0 aromatic rings. The topological polar surface area (TPSA) is 52.6 Å². The Balaban J connectivity index is 5.02. The number of unbranched alkanes of at least 4 members (excludes halogenated alkanes) is 10. The van der Waals surface area contributed by atoms with Crippen molar-refractivity contribution in [2.24, 2.45) is 0 Å². The van der Waals surface area contributed by atoms with Gasteiger partial charge in [0.05, 0.1) is 13.2 Å². The number of rotatable bonds is 18. The van der Waals surface area contributed by atoms with Crippen LogP contribution in [0.25, 0.3) is 0 Å². The summed E-state index contributed by atoms with van der Waals surface area (Å²) in [5, 5.41) is 0. The van der Waals surface area contributed by atoms with Crippen molar-refractivity contribution in [3.63, 3.8) is 0 Å². The van der Waals surface area contributed by atoms with E-state index in [-0.39, 0.29) is 11.9 Å². The summed E-state index contributed by atoms with van der Waals surface area (Å²) in [5.74, 6) is -0.685. The molecule has 0 amide bonds. The van der Waals surface area contributed by atoms with Crippen LogP contribution in [0.1, 0.15) is 118 Å². The van der Waals surface area contributed by atoms with Crippen molar-refractivity contribution >= 4 is 11.9 Å². The fourth-order valence-corrected chi connectivity index (χ4v) is 3.35. The average molecular weight is 397 g/mol. The van der Waals surface area contributed by atoms with Crippen LogP contribution in [-0.4, -0.2) is 25.2 Å². The predicted octanol–water partition coefficient (Wildman–Crippen LogP) is 6.91. The quantitative estimate of drug-likeness (QED) is 0.143. The van der Waals surface area contributed by atoms with Crippen LogP contribution in [0.3, 0.4) is 0 Å². The van der Waals surface area contributed by atoms with Gasteiger partial charge in [0, 0.05) is 11.1 Å². The van der Waals surface area contributed by atoms with Gasteiger partial charge in [-0.15, -0.1) is 0 Å². The summed E-state index contributed by atoms with van der Waals surface area (Å²) in [6, 6.07) is 0. The number of carbonyl (C=O) groups is 2. The SMILES string of the molecule is CCCCCCCCC(C(=O)OCC)=C(CCCCCCCC)C(=O)OCC. The Labute approximate surface area is 173 Å². The first kappa shape index (κ1) is 26.7. The molecule has 0 aliphatic carbocycles. The number of esters is 2. The number of carbonyl (C=O) groups excluding carboxylic acids is 2. The summed E-state index contributed by atoms with van der Waals surface area (Å²) in [5.41, 5.74) is 1.09. The van der Waals surface area contributed by atoms with Gasteiger partial charge < -0.3 is 9.47 Å². The van der Waals surface area contributed by atoms with Crippen molar-refractivity contribution in [1.29, 1.82) is 0 Å². The van der Waals surface area contributed by atoms with E-state index in [2.05, 4.69) is 13.8 Å². The first-order valence-corrected chi connectivity index (χ1v) is 11.7. The van der Waals surface area contributed by atoms with Gasteiger partial charge in [-0.1, -0.05) is 78.1 Å². The summed E-state index contributed by atoms with van der Waals surface area (Å²) in [6.45, 7) is 8.67. The van der Waals surface area contributed by atoms with Gasteiger partial charge in [-0.25, -0.2) is 9.59 Å². The second-order valence-corrected chi connectivity index (χ2v) is 7.43. The van der Waals surface area contributed by atoms with E-state index < -0.39 is 0 Å². The van der Waals surface area contributed by atoms with Crippen LogP contribution in [0.5, 0.6) is 0 Å². The van der Waals surface area contributed by atoms with Crippen LogP contribution >= 0.6 is 0 Å². The van der Waals surface area contributed by atoms with Crippen LogP contribution < -0.4 is 0 Å². The van der Waals surface area contributed by atoms with Crippen LogP contribution in [0.4, 0.5) is 0 Å². The molecule has 0 aromatic heterocycles. The van der Waals surface area contributed by atoms with E-state index in [9.17, 15) is 9.59 Å². The average Bonchev–Trinajstić information content (AvgIpc) is 2.68. The smallest absolute Gasteiger partial charge is 0.334 e. The highest BCUT2D eigenvalue weighted by Gasteiger charge is 2.22. The van der Waals surface area contributed by atoms with Gasteiger partial charge in [-0.05, 0) is 39.5 Å². The van der Waals surface area contributed by atoms with E-state index in [1.54, 1.807) is 13.8 Å². The molecule has 28 heavy (non-hydrogen) atoms. The number of hydrogen-bond acceptors (Lipinski definition) is 4. The fourth-order valence-electron chi connectivity index (χ4n) is 3.35. The van der Waals surface area contributed by atoms with Gasteiger partial charge in [0.2, 0.25) is 0 Å². The zero-order valence-electron chi connectivity index (χ0n) is 18.9. The third-order valence-electron chi connectivity index (χ3n) is 4.97. The highest BCUT2D eigenvalue weighted by atomic mass is 16.5. The minimum Gasteiger partial charge on any atom is -0.463 e. The van der Waals surface area contributed by atoms with Crippen LogP contribution in [0, 0.1) is 0 Å². The molecule has 0 heterocycles. The first-order chi connectivity index (χ1) is 13.6. The lowest BCUT2D eigenvalue weighted by molar-refractivity contribution is -0.142. The highest BCUT2D eigenvalue weighted by molar-refractivity contribution is 6.00. The number of hydrogen-bond donors (Lipinski definition) is 0. The Bertz CT molecular complexity index is 400. The normalized spacial score (nSPS) is 11.9. The lowest BCUT2D eigenvalue weighted by atomic mass is 9.96. The minimum absolute atomic E-state index is 0.325. The molecular weight excluding hydrogens is 352 g/mol. The summed E-state index contributed by atoms with van der Waals surface area (Å²) in [7, 11) is 0. The molecule has 0 saturated heterocycles. The third kappa shape index (κ3) is 13.0. The molecule has 0 fully saturated rings. The van der Waals surface area contributed by atoms with Crippen molar-refractivity contribution in [3.8, 4) is 0 Å². The van der Waals surface area contributed by atoms with E-state index in [1.165, 1.54) is 51.4 Å². The third-order valence-corrected chi connectivity index (χ3v) is 4.97. The van der Waals surface area contributed by atoms with E-state index in [0.717, 1.165) is 25.7 Å². The van der Waals surface area contributed by atoms with Gasteiger partial charge >= 0.3 is 11.9 Å². The second kappa shape index (κ2) is 19.0. The first-order valence-electron chi connectivity index (χ1n) is 11.7. The minimum atomic E-state index is -0.343. The molecule has 0 bridgehead atoms. The Morgan fingerprint density at radius 1 is 0.500 bits per heavy atom. The lowest BCUT2D eigenvalue weighted by Gasteiger charge is -2.14. The van der Waals surface area contributed by atoms with Crippen molar-refractivity contribution < 1.29 is 19.1 Å². The van der Waals surface area contributed by atoms with Gasteiger partial charge in [-0.2, -0.15) is 0 Å². The van der Waals surface area contributed by atoms with Crippen LogP contribution in [0.2, 0.25) is 0 Å². The zero-order valence-corrected chi connectivity index (χ0v) is 18.9. The fraction of sp³-hybridized carbons (Fsp3) is 0.833. The highest BCUT2D eigenvalue weighted by Crippen LogP contribution is 2.23. The van der Waals surface area contributed by atoms with Crippen molar-refractivity contribution in [1.82, 2.24) is 0 Å². The summed E-state index contributed by atoms with van der Waals surface area (Å²) >= 11 is 0. The Hall–Kier alpha value is -1.32. The molecule has 4 nitrogen and oxygen atoms in total. The second-order valence-electron chi connectivity index (χ2n) is 7.43. The van der Waals surface area contributed by atoms with Crippen molar-refractivity contribution in [2.75, 3.05) is 13.2 Å². The molecule has 0 N–H and O–H groups in total. The van der Waals surface area contributed by atoms with Crippen molar-refractivity contribution in [2.45, 2.75) is 118 Å². The van der Waals surface area contributed by atoms with Gasteiger partial charge in [0.1, 0.15) is 0 Å². The Kier molecular flexibility index (Phi) is 18.1. The number of ether oxygens (including phenoxy) is 2. The van der Waals surface area contributed by atoms with Crippen molar-refractivity contribution in [3.05, 3.63) is 11.1 Å². The van der Waals surface area contributed by atoms with E-state index in [0.29, 0.717) is 37.2 Å². The standard InChI is InChI=1S/C24H44O4/c1-5-9-11-13-15-17-19-21(23(25)27-7-3)22(24(26)28-8-4)20-18-16-14-12-10-6-2/h5-20H2,1-4H3. The molecule has 0 atom stereocenters. The molecule has 0 aliphatic rings. The van der Waals surface area contributed by atoms with E-state index in [1.807, 2.05) is 0 Å². The summed E-state index contributed by atoms with van der Waals surface area (Å²) < 4.78 is 10.5. The maximum absolute atomic E-state index is 12.5. The Morgan fingerprint density at radius 2 is 0.821 bits per heavy atom. The molecule has 164 valence electrons. The van der Waals surface area contributed by atoms with Gasteiger partial charge in [-0.3, -0.25) is 0 Å². The molecule has 0 unspecified atom stereocenters. The van der Waals surface area contributed by atoms with Gasteiger partial charge in [0.15, 0.2) is 0 Å². The van der Waals surface area contributed by atoms with Crippen LogP contribution in [0.15, 0.2) is 11.1 Å².